The second kappa shape index (κ2) is 6.51. The lowest BCUT2D eigenvalue weighted by molar-refractivity contribution is 0.589. The highest BCUT2D eigenvalue weighted by atomic mass is 79.9. The van der Waals surface area contributed by atoms with Crippen molar-refractivity contribution in [3.63, 3.8) is 0 Å². The Hall–Kier alpha value is -0.900. The molecule has 0 aliphatic carbocycles. The van der Waals surface area contributed by atoms with Gasteiger partial charge in [-0.25, -0.2) is 4.39 Å². The van der Waals surface area contributed by atoms with Crippen molar-refractivity contribution < 1.29 is 4.39 Å². The van der Waals surface area contributed by atoms with E-state index < -0.39 is 0 Å². The fraction of sp³-hybridized carbons (Fsp3) is 0.200. The summed E-state index contributed by atoms with van der Waals surface area (Å²) in [6, 6.07) is 12.8. The van der Waals surface area contributed by atoms with Crippen molar-refractivity contribution in [2.24, 2.45) is 0 Å². The van der Waals surface area contributed by atoms with Gasteiger partial charge < -0.3 is 5.32 Å². The predicted molar refractivity (Wildman–Crippen MR) is 81.1 cm³/mol. The molecular weight excluding hydrogens is 329 g/mol. The summed E-state index contributed by atoms with van der Waals surface area (Å²) >= 11 is 9.54. The maximum Gasteiger partial charge on any atom is 0.124 e. The molecule has 0 spiro atoms. The Morgan fingerprint density at radius 1 is 1.26 bits per heavy atom. The number of nitrogens with one attached hydrogen (secondary N) is 1. The zero-order valence-electron chi connectivity index (χ0n) is 10.5. The van der Waals surface area contributed by atoms with Crippen LogP contribution in [0.25, 0.3) is 0 Å². The topological polar surface area (TPSA) is 12.0 Å². The predicted octanol–water partition coefficient (Wildman–Crippen LogP) is 4.74. The van der Waals surface area contributed by atoms with Crippen LogP contribution < -0.4 is 5.32 Å². The monoisotopic (exact) mass is 341 g/mol. The van der Waals surface area contributed by atoms with Gasteiger partial charge in [0, 0.05) is 15.5 Å². The maximum atomic E-state index is 13.0. The summed E-state index contributed by atoms with van der Waals surface area (Å²) < 4.78 is 14.1. The van der Waals surface area contributed by atoms with Gasteiger partial charge >= 0.3 is 0 Å². The Morgan fingerprint density at radius 3 is 2.68 bits per heavy atom. The summed E-state index contributed by atoms with van der Waals surface area (Å²) in [6.07, 6.45) is 0.714. The number of hydrogen-bond acceptors (Lipinski definition) is 1. The van der Waals surface area contributed by atoms with Gasteiger partial charge in [0.1, 0.15) is 5.82 Å². The molecular formula is C15H14BrClFN. The zero-order chi connectivity index (χ0) is 13.8. The average molecular weight is 343 g/mol. The van der Waals surface area contributed by atoms with Gasteiger partial charge in [-0.1, -0.05) is 45.7 Å². The molecule has 1 nitrogen and oxygen atoms in total. The normalized spacial score (nSPS) is 12.4. The highest BCUT2D eigenvalue weighted by Gasteiger charge is 2.12. The molecule has 100 valence electrons. The Kier molecular flexibility index (Phi) is 4.97. The van der Waals surface area contributed by atoms with E-state index in [0.717, 1.165) is 15.6 Å². The van der Waals surface area contributed by atoms with E-state index in [2.05, 4.69) is 33.4 Å². The second-order valence-electron chi connectivity index (χ2n) is 4.34. The summed E-state index contributed by atoms with van der Waals surface area (Å²) in [4.78, 5) is 0. The standard InChI is InChI=1S/C15H14BrClFN/c1-19-15(11-3-2-4-12(16)7-11)8-10-5-6-13(18)9-14(10)17/h2-7,9,15,19H,8H2,1H3. The van der Waals surface area contributed by atoms with Gasteiger partial charge in [-0.3, -0.25) is 0 Å². The number of benzene rings is 2. The molecule has 1 N–H and O–H groups in total. The van der Waals surface area contributed by atoms with Gasteiger partial charge in [-0.05, 0) is 48.9 Å². The third-order valence-electron chi connectivity index (χ3n) is 3.04. The van der Waals surface area contributed by atoms with Gasteiger partial charge in [-0.2, -0.15) is 0 Å². The molecule has 2 aromatic carbocycles. The lowest BCUT2D eigenvalue weighted by atomic mass is 9.99. The first-order chi connectivity index (χ1) is 9.10. The molecule has 0 saturated heterocycles. The molecule has 1 unspecified atom stereocenters. The molecule has 2 rings (SSSR count). The SMILES string of the molecule is CNC(Cc1ccc(F)cc1Cl)c1cccc(Br)c1. The van der Waals surface area contributed by atoms with Gasteiger partial charge in [0.15, 0.2) is 0 Å². The van der Waals surface area contributed by atoms with Crippen molar-refractivity contribution in [3.8, 4) is 0 Å². The second-order valence-corrected chi connectivity index (χ2v) is 5.66. The lowest BCUT2D eigenvalue weighted by Crippen LogP contribution is -2.19. The summed E-state index contributed by atoms with van der Waals surface area (Å²) in [5, 5.41) is 3.73. The molecule has 19 heavy (non-hydrogen) atoms. The molecule has 2 aromatic rings. The van der Waals surface area contributed by atoms with Crippen LogP contribution in [0.3, 0.4) is 0 Å². The van der Waals surface area contributed by atoms with Gasteiger partial charge in [0.25, 0.3) is 0 Å². The van der Waals surface area contributed by atoms with Crippen LogP contribution >= 0.6 is 27.5 Å². The maximum absolute atomic E-state index is 13.0. The summed E-state index contributed by atoms with van der Waals surface area (Å²) in [7, 11) is 1.91. The van der Waals surface area contributed by atoms with Crippen LogP contribution in [-0.4, -0.2) is 7.05 Å². The van der Waals surface area contributed by atoms with Crippen LogP contribution in [0.5, 0.6) is 0 Å². The van der Waals surface area contributed by atoms with E-state index in [1.54, 1.807) is 6.07 Å². The quantitative estimate of drug-likeness (QED) is 0.846. The Balaban J connectivity index is 2.24. The molecule has 0 radical (unpaired) electrons. The molecule has 0 amide bonds. The van der Waals surface area contributed by atoms with Crippen molar-refractivity contribution in [1.82, 2.24) is 5.32 Å². The van der Waals surface area contributed by atoms with Crippen LogP contribution in [0.15, 0.2) is 46.9 Å². The minimum atomic E-state index is -0.308. The van der Waals surface area contributed by atoms with E-state index in [9.17, 15) is 4.39 Å². The minimum Gasteiger partial charge on any atom is -0.313 e. The first-order valence-corrected chi connectivity index (χ1v) is 7.14. The Morgan fingerprint density at radius 2 is 2.05 bits per heavy atom. The summed E-state index contributed by atoms with van der Waals surface area (Å²) in [5.74, 6) is -0.308. The lowest BCUT2D eigenvalue weighted by Gasteiger charge is -2.18. The minimum absolute atomic E-state index is 0.139. The molecule has 1 atom stereocenters. The first-order valence-electron chi connectivity index (χ1n) is 5.97. The number of rotatable bonds is 4. The van der Waals surface area contributed by atoms with Crippen molar-refractivity contribution in [2.75, 3.05) is 7.05 Å². The van der Waals surface area contributed by atoms with Crippen LogP contribution in [0.2, 0.25) is 5.02 Å². The first kappa shape index (κ1) is 14.5. The fourth-order valence-electron chi connectivity index (χ4n) is 2.02. The molecule has 0 aliphatic rings. The average Bonchev–Trinajstić information content (AvgIpc) is 2.38. The number of halogens is 3. The third-order valence-corrected chi connectivity index (χ3v) is 3.88. The molecule has 4 heteroatoms. The molecule has 0 bridgehead atoms. The molecule has 0 aromatic heterocycles. The Bertz CT molecular complexity index is 574. The summed E-state index contributed by atoms with van der Waals surface area (Å²) in [6.45, 7) is 0. The molecule has 0 aliphatic heterocycles. The molecule has 0 saturated carbocycles. The molecule has 0 heterocycles. The molecule has 0 fully saturated rings. The van der Waals surface area contributed by atoms with E-state index in [1.807, 2.05) is 19.2 Å². The number of likely N-dealkylation sites (N-methyl/N-ethyl adjacent to an activating group) is 1. The third kappa shape index (κ3) is 3.78. The van der Waals surface area contributed by atoms with Gasteiger partial charge in [0.05, 0.1) is 0 Å². The van der Waals surface area contributed by atoms with Crippen molar-refractivity contribution in [1.29, 1.82) is 0 Å². The largest absolute Gasteiger partial charge is 0.313 e. The van der Waals surface area contributed by atoms with Gasteiger partial charge in [-0.15, -0.1) is 0 Å². The van der Waals surface area contributed by atoms with E-state index >= 15 is 0 Å². The Labute approximate surface area is 125 Å². The van der Waals surface area contributed by atoms with Crippen LogP contribution in [0, 0.1) is 5.82 Å². The van der Waals surface area contributed by atoms with Crippen LogP contribution in [0.1, 0.15) is 17.2 Å². The highest BCUT2D eigenvalue weighted by molar-refractivity contribution is 9.10. The van der Waals surface area contributed by atoms with Crippen LogP contribution in [0.4, 0.5) is 4.39 Å². The van der Waals surface area contributed by atoms with E-state index in [1.165, 1.54) is 12.1 Å². The van der Waals surface area contributed by atoms with Crippen molar-refractivity contribution in [2.45, 2.75) is 12.5 Å². The number of hydrogen-bond donors (Lipinski definition) is 1. The zero-order valence-corrected chi connectivity index (χ0v) is 12.8. The van der Waals surface area contributed by atoms with E-state index in [-0.39, 0.29) is 11.9 Å². The van der Waals surface area contributed by atoms with Crippen molar-refractivity contribution in [3.05, 3.63) is 68.9 Å². The summed E-state index contributed by atoms with van der Waals surface area (Å²) in [5.41, 5.74) is 2.10. The van der Waals surface area contributed by atoms with Crippen LogP contribution in [-0.2, 0) is 6.42 Å². The fourth-order valence-corrected chi connectivity index (χ4v) is 2.68. The smallest absolute Gasteiger partial charge is 0.124 e. The van der Waals surface area contributed by atoms with Crippen molar-refractivity contribution >= 4 is 27.5 Å². The van der Waals surface area contributed by atoms with Gasteiger partial charge in [0.2, 0.25) is 0 Å². The van der Waals surface area contributed by atoms with E-state index in [4.69, 9.17) is 11.6 Å². The van der Waals surface area contributed by atoms with E-state index in [0.29, 0.717) is 11.4 Å². The highest BCUT2D eigenvalue weighted by Crippen LogP contribution is 2.25.